The van der Waals surface area contributed by atoms with Crippen LogP contribution >= 0.6 is 0 Å². The van der Waals surface area contributed by atoms with Crippen LogP contribution < -0.4 is 4.74 Å². The lowest BCUT2D eigenvalue weighted by molar-refractivity contribution is 0.156. The zero-order chi connectivity index (χ0) is 21.7. The zero-order valence-electron chi connectivity index (χ0n) is 20.7. The summed E-state index contributed by atoms with van der Waals surface area (Å²) in [5.41, 5.74) is 0.605. The van der Waals surface area contributed by atoms with Crippen LogP contribution in [0.4, 0.5) is 0 Å². The van der Waals surface area contributed by atoms with Crippen LogP contribution in [0.15, 0.2) is 36.3 Å². The summed E-state index contributed by atoms with van der Waals surface area (Å²) in [5.74, 6) is 2.78. The van der Waals surface area contributed by atoms with Crippen molar-refractivity contribution in [3.8, 4) is 5.75 Å². The van der Waals surface area contributed by atoms with Crippen molar-refractivity contribution in [2.45, 2.75) is 84.0 Å². The van der Waals surface area contributed by atoms with E-state index in [-0.39, 0.29) is 42.4 Å². The Morgan fingerprint density at radius 3 is 2.15 bits per heavy atom. The third-order valence-electron chi connectivity index (χ3n) is 6.62. The number of allylic oxidation sites excluding steroid dienone is 1. The van der Waals surface area contributed by atoms with Crippen LogP contribution in [0.1, 0.15) is 95.0 Å². The van der Waals surface area contributed by atoms with Crippen LogP contribution in [0.3, 0.4) is 0 Å². The summed E-state index contributed by atoms with van der Waals surface area (Å²) < 4.78 is 39.2. The highest BCUT2D eigenvalue weighted by Crippen LogP contribution is 2.44. The number of benzene rings is 1. The first-order valence-corrected chi connectivity index (χ1v) is 10.8. The molecule has 144 valence electrons. The van der Waals surface area contributed by atoms with Crippen LogP contribution in [-0.2, 0) is 0 Å². The summed E-state index contributed by atoms with van der Waals surface area (Å²) in [6.45, 7) is 4.44. The molecule has 2 fully saturated rings. The maximum atomic E-state index is 8.51. The molecule has 0 aliphatic heterocycles. The van der Waals surface area contributed by atoms with Crippen molar-refractivity contribution < 1.29 is 10.2 Å². The minimum atomic E-state index is -0.0353. The fraction of sp³-hybridized carbons (Fsp3) is 0.680. The Hall–Kier alpha value is -1.24. The molecule has 0 heterocycles. The van der Waals surface area contributed by atoms with Crippen molar-refractivity contribution in [1.29, 1.82) is 0 Å². The van der Waals surface area contributed by atoms with E-state index in [0.717, 1.165) is 43.4 Å². The van der Waals surface area contributed by atoms with Gasteiger partial charge >= 0.3 is 0 Å². The van der Waals surface area contributed by atoms with Crippen molar-refractivity contribution in [1.82, 2.24) is 0 Å². The second-order valence-corrected chi connectivity index (χ2v) is 8.30. The molecule has 1 aromatic carbocycles. The zero-order valence-corrected chi connectivity index (χ0v) is 16.7. The maximum absolute atomic E-state index is 8.51. The van der Waals surface area contributed by atoms with Gasteiger partial charge in [-0.05, 0) is 86.8 Å². The highest BCUT2D eigenvalue weighted by molar-refractivity contribution is 5.29. The molecule has 0 radical (unpaired) electrons. The molecule has 0 spiro atoms. The lowest BCUT2D eigenvalue weighted by atomic mass is 9.68. The van der Waals surface area contributed by atoms with E-state index < -0.39 is 0 Å². The van der Waals surface area contributed by atoms with E-state index in [1.807, 2.05) is 13.0 Å². The summed E-state index contributed by atoms with van der Waals surface area (Å²) in [5, 5.41) is 0. The van der Waals surface area contributed by atoms with Gasteiger partial charge in [-0.1, -0.05) is 56.8 Å². The molecule has 0 saturated heterocycles. The number of ether oxygens (including phenoxy) is 1. The minimum Gasteiger partial charge on any atom is -0.490 e. The Labute approximate surface area is 166 Å². The predicted octanol–water partition coefficient (Wildman–Crippen LogP) is 7.52. The molecule has 2 aliphatic rings. The highest BCUT2D eigenvalue weighted by atomic mass is 16.5. The van der Waals surface area contributed by atoms with Crippen LogP contribution in [0.5, 0.6) is 5.75 Å². The highest BCUT2D eigenvalue weighted by Gasteiger charge is 2.31. The van der Waals surface area contributed by atoms with Gasteiger partial charge in [0.25, 0.3) is 0 Å². The molecule has 2 saturated carbocycles. The van der Waals surface area contributed by atoms with E-state index in [2.05, 4.69) is 6.92 Å². The largest absolute Gasteiger partial charge is 0.490 e. The quantitative estimate of drug-likeness (QED) is 0.458. The molecule has 0 N–H and O–H groups in total. The second-order valence-electron chi connectivity index (χ2n) is 8.30. The van der Waals surface area contributed by atoms with E-state index in [0.29, 0.717) is 5.56 Å². The van der Waals surface area contributed by atoms with E-state index in [1.54, 1.807) is 6.08 Å². The number of hydrogen-bond donors (Lipinski definition) is 0. The van der Waals surface area contributed by atoms with E-state index >= 15 is 0 Å². The molecular formula is C25H38O. The molecule has 0 bridgehead atoms. The van der Waals surface area contributed by atoms with Crippen molar-refractivity contribution in [3.63, 3.8) is 0 Å². The van der Waals surface area contributed by atoms with Gasteiger partial charge < -0.3 is 4.74 Å². The summed E-state index contributed by atoms with van der Waals surface area (Å²) >= 11 is 0. The van der Waals surface area contributed by atoms with Gasteiger partial charge in [-0.3, -0.25) is 0 Å². The van der Waals surface area contributed by atoms with Crippen LogP contribution in [0.25, 0.3) is 0 Å². The predicted molar refractivity (Wildman–Crippen MR) is 112 cm³/mol. The van der Waals surface area contributed by atoms with Crippen LogP contribution in [0.2, 0.25) is 0 Å². The topological polar surface area (TPSA) is 9.23 Å². The van der Waals surface area contributed by atoms with Gasteiger partial charge in [0.1, 0.15) is 12.4 Å². The summed E-state index contributed by atoms with van der Waals surface area (Å²) in [6.07, 6.45) is 16.2. The normalized spacial score (nSPS) is 31.9. The van der Waals surface area contributed by atoms with Gasteiger partial charge in [0, 0.05) is 0 Å². The summed E-state index contributed by atoms with van der Waals surface area (Å²) in [4.78, 5) is 0. The van der Waals surface area contributed by atoms with Gasteiger partial charge in [0.05, 0.1) is 5.48 Å². The number of rotatable bonds is 7. The van der Waals surface area contributed by atoms with Crippen LogP contribution in [-0.4, -0.2) is 6.61 Å². The van der Waals surface area contributed by atoms with Gasteiger partial charge in [-0.25, -0.2) is 0 Å². The van der Waals surface area contributed by atoms with Crippen molar-refractivity contribution in [2.24, 2.45) is 17.8 Å². The maximum Gasteiger partial charge on any atom is 0.119 e. The molecule has 1 heteroatoms. The average molecular weight is 359 g/mol. The molecule has 26 heavy (non-hydrogen) atoms. The Kier molecular flexibility index (Phi) is 5.79. The summed E-state index contributed by atoms with van der Waals surface area (Å²) in [7, 11) is 0. The third-order valence-corrected chi connectivity index (χ3v) is 6.62. The van der Waals surface area contributed by atoms with Crippen molar-refractivity contribution in [2.75, 3.05) is 6.61 Å². The molecule has 3 rings (SSSR count). The van der Waals surface area contributed by atoms with Gasteiger partial charge in [-0.2, -0.15) is 0 Å². The van der Waals surface area contributed by atoms with Gasteiger partial charge in [0.2, 0.25) is 0 Å². The number of hydrogen-bond acceptors (Lipinski definition) is 1. The monoisotopic (exact) mass is 358 g/mol. The fourth-order valence-corrected chi connectivity index (χ4v) is 5.05. The smallest absolute Gasteiger partial charge is 0.119 e. The van der Waals surface area contributed by atoms with Gasteiger partial charge in [-0.15, -0.1) is 0 Å². The SMILES string of the molecule is [2H]c1c([2H])c(C2CCC(C3CCC(CCC)CC3)CC2)c([2H])c([2H])c1OC/C=C/C. The van der Waals surface area contributed by atoms with E-state index in [4.69, 9.17) is 10.2 Å². The molecule has 1 aromatic rings. The second kappa shape index (κ2) is 10.2. The Morgan fingerprint density at radius 2 is 1.58 bits per heavy atom. The first-order valence-electron chi connectivity index (χ1n) is 12.8. The van der Waals surface area contributed by atoms with Gasteiger partial charge in [0.15, 0.2) is 0 Å². The molecule has 0 aromatic heterocycles. The molecule has 0 amide bonds. The van der Waals surface area contributed by atoms with Crippen molar-refractivity contribution >= 4 is 0 Å². The Balaban J connectivity index is 1.65. The molecule has 0 atom stereocenters. The molecule has 0 unspecified atom stereocenters. The minimum absolute atomic E-state index is 0.0353. The van der Waals surface area contributed by atoms with E-state index in [1.165, 1.54) is 38.5 Å². The fourth-order valence-electron chi connectivity index (χ4n) is 5.05. The first kappa shape index (κ1) is 14.8. The standard InChI is InChI=1S/C25H38O/c1-3-5-19-26-25-17-15-24(16-18-25)23-13-11-22(12-14-23)21-9-7-20(6-4-2)8-10-21/h3,5,15-18,20-23H,4,6-14,19H2,1-2H3/b5-3+/i15D,16D,17D,18D. The van der Waals surface area contributed by atoms with E-state index in [9.17, 15) is 0 Å². The Bertz CT molecular complexity index is 700. The van der Waals surface area contributed by atoms with Crippen LogP contribution in [0, 0.1) is 17.8 Å². The third kappa shape index (κ3) is 5.38. The Morgan fingerprint density at radius 1 is 0.962 bits per heavy atom. The first-order chi connectivity index (χ1) is 14.5. The molecule has 1 nitrogen and oxygen atoms in total. The molecular weight excluding hydrogens is 316 g/mol. The summed E-state index contributed by atoms with van der Waals surface area (Å²) in [6, 6.07) is 0.115. The average Bonchev–Trinajstić information content (AvgIpc) is 2.76. The molecule has 2 aliphatic carbocycles. The van der Waals surface area contributed by atoms with Crippen molar-refractivity contribution in [3.05, 3.63) is 41.9 Å². The lowest BCUT2D eigenvalue weighted by Gasteiger charge is -2.38. The lowest BCUT2D eigenvalue weighted by Crippen LogP contribution is -2.25.